The molecular weight excluding hydrogens is 330 g/mol. The van der Waals surface area contributed by atoms with E-state index in [1.54, 1.807) is 18.2 Å². The number of rotatable bonds is 7. The Bertz CT molecular complexity index is 750. The minimum absolute atomic E-state index is 0.242. The third-order valence-electron chi connectivity index (χ3n) is 4.63. The highest BCUT2D eigenvalue weighted by Crippen LogP contribution is 2.28. The van der Waals surface area contributed by atoms with Gasteiger partial charge in [-0.3, -0.25) is 4.79 Å². The fourth-order valence-electron chi connectivity index (χ4n) is 3.30. The molecule has 0 bridgehead atoms. The molecule has 26 heavy (non-hydrogen) atoms. The molecule has 3 rings (SSSR count). The van der Waals surface area contributed by atoms with Crippen molar-refractivity contribution in [3.8, 4) is 17.2 Å². The monoisotopic (exact) mass is 355 g/mol. The Balaban J connectivity index is 1.55. The van der Waals surface area contributed by atoms with Gasteiger partial charge in [-0.25, -0.2) is 0 Å². The minimum atomic E-state index is -0.242. The van der Waals surface area contributed by atoms with Gasteiger partial charge in [0.05, 0.1) is 20.8 Å². The summed E-state index contributed by atoms with van der Waals surface area (Å²) in [6.45, 7) is 0.805. The van der Waals surface area contributed by atoms with Crippen molar-refractivity contribution in [2.75, 3.05) is 27.4 Å². The molecule has 0 aromatic heterocycles. The molecule has 1 aliphatic carbocycles. The Kier molecular flexibility index (Phi) is 6.00. The molecule has 2 aromatic carbocycles. The zero-order chi connectivity index (χ0) is 18.4. The second-order valence-corrected chi connectivity index (χ2v) is 6.28. The predicted octanol–water partition coefficient (Wildman–Crippen LogP) is 3.39. The molecule has 0 spiro atoms. The van der Waals surface area contributed by atoms with Crippen molar-refractivity contribution in [3.05, 3.63) is 53.1 Å². The average molecular weight is 355 g/mol. The minimum Gasteiger partial charge on any atom is -0.496 e. The molecule has 0 atom stereocenters. The van der Waals surface area contributed by atoms with Crippen LogP contribution in [0.1, 0.15) is 34.3 Å². The van der Waals surface area contributed by atoms with Gasteiger partial charge < -0.3 is 19.5 Å². The summed E-state index contributed by atoms with van der Waals surface area (Å²) in [6.07, 6.45) is 4.79. The van der Waals surface area contributed by atoms with Crippen LogP contribution in [0.15, 0.2) is 36.4 Å². The first-order valence-electron chi connectivity index (χ1n) is 8.96. The van der Waals surface area contributed by atoms with E-state index >= 15 is 0 Å². The van der Waals surface area contributed by atoms with E-state index in [0.717, 1.165) is 18.6 Å². The summed E-state index contributed by atoms with van der Waals surface area (Å²) >= 11 is 0. The molecule has 0 unspecified atom stereocenters. The van der Waals surface area contributed by atoms with Crippen LogP contribution in [-0.2, 0) is 12.8 Å². The molecule has 0 aliphatic heterocycles. The first-order chi connectivity index (χ1) is 12.7. The normalized spacial score (nSPS) is 12.8. The summed E-state index contributed by atoms with van der Waals surface area (Å²) in [6, 6.07) is 11.5. The van der Waals surface area contributed by atoms with Crippen molar-refractivity contribution in [3.63, 3.8) is 0 Å². The number of benzene rings is 2. The summed E-state index contributed by atoms with van der Waals surface area (Å²) in [5.41, 5.74) is 3.21. The largest absolute Gasteiger partial charge is 0.496 e. The molecule has 2 aromatic rings. The maximum absolute atomic E-state index is 12.5. The number of hydrogen-bond acceptors (Lipinski definition) is 4. The lowest BCUT2D eigenvalue weighted by molar-refractivity contribution is 0.0940. The number of ether oxygens (including phenoxy) is 3. The zero-order valence-electron chi connectivity index (χ0n) is 15.3. The Hall–Kier alpha value is -2.69. The van der Waals surface area contributed by atoms with Crippen LogP contribution >= 0.6 is 0 Å². The number of fused-ring (bicyclic) bond motifs is 1. The van der Waals surface area contributed by atoms with Crippen molar-refractivity contribution < 1.29 is 19.0 Å². The lowest BCUT2D eigenvalue weighted by Gasteiger charge is -2.17. The predicted molar refractivity (Wildman–Crippen MR) is 100 cm³/mol. The van der Waals surface area contributed by atoms with Gasteiger partial charge in [-0.05, 0) is 61.1 Å². The van der Waals surface area contributed by atoms with Crippen LogP contribution < -0.4 is 19.5 Å². The maximum atomic E-state index is 12.5. The SMILES string of the molecule is COc1cccc(OC)c1C(=O)NCCOc1ccc2c(c1)CCCC2. The molecular formula is C21H25NO4. The summed E-state index contributed by atoms with van der Waals surface area (Å²) in [4.78, 5) is 12.5. The van der Waals surface area contributed by atoms with Gasteiger partial charge in [-0.15, -0.1) is 0 Å². The van der Waals surface area contributed by atoms with Gasteiger partial charge in [0, 0.05) is 0 Å². The van der Waals surface area contributed by atoms with Gasteiger partial charge in [-0.2, -0.15) is 0 Å². The number of nitrogens with one attached hydrogen (secondary N) is 1. The number of carbonyl (C=O) groups excluding carboxylic acids is 1. The highest BCUT2D eigenvalue weighted by Gasteiger charge is 2.17. The third-order valence-corrected chi connectivity index (χ3v) is 4.63. The van der Waals surface area contributed by atoms with Crippen molar-refractivity contribution in [1.29, 1.82) is 0 Å². The summed E-state index contributed by atoms with van der Waals surface area (Å²) in [5, 5.41) is 2.86. The van der Waals surface area contributed by atoms with Crippen LogP contribution in [0.4, 0.5) is 0 Å². The van der Waals surface area contributed by atoms with E-state index in [1.165, 1.54) is 38.2 Å². The van der Waals surface area contributed by atoms with Gasteiger partial charge in [0.15, 0.2) is 0 Å². The molecule has 1 aliphatic rings. The fraction of sp³-hybridized carbons (Fsp3) is 0.381. The third kappa shape index (κ3) is 4.10. The van der Waals surface area contributed by atoms with Gasteiger partial charge in [0.2, 0.25) is 0 Å². The Labute approximate surface area is 154 Å². The van der Waals surface area contributed by atoms with Crippen LogP contribution in [0.5, 0.6) is 17.2 Å². The number of aryl methyl sites for hydroxylation is 2. The Morgan fingerprint density at radius 3 is 2.38 bits per heavy atom. The molecule has 0 saturated carbocycles. The molecule has 0 radical (unpaired) electrons. The molecule has 1 N–H and O–H groups in total. The van der Waals surface area contributed by atoms with Crippen LogP contribution in [0.2, 0.25) is 0 Å². The molecule has 5 nitrogen and oxygen atoms in total. The number of carbonyl (C=O) groups is 1. The van der Waals surface area contributed by atoms with Crippen LogP contribution in [-0.4, -0.2) is 33.3 Å². The first kappa shape index (κ1) is 18.1. The van der Waals surface area contributed by atoms with Crippen molar-refractivity contribution in [2.24, 2.45) is 0 Å². The highest BCUT2D eigenvalue weighted by molar-refractivity contribution is 5.99. The van der Waals surface area contributed by atoms with E-state index in [4.69, 9.17) is 14.2 Å². The number of amides is 1. The van der Waals surface area contributed by atoms with Crippen LogP contribution in [0.25, 0.3) is 0 Å². The topological polar surface area (TPSA) is 56.8 Å². The first-order valence-corrected chi connectivity index (χ1v) is 8.96. The Morgan fingerprint density at radius 2 is 1.69 bits per heavy atom. The highest BCUT2D eigenvalue weighted by atomic mass is 16.5. The average Bonchev–Trinajstić information content (AvgIpc) is 2.70. The van der Waals surface area contributed by atoms with Crippen LogP contribution in [0.3, 0.4) is 0 Å². The smallest absolute Gasteiger partial charge is 0.258 e. The van der Waals surface area contributed by atoms with E-state index in [9.17, 15) is 4.79 Å². The van der Waals surface area contributed by atoms with Crippen molar-refractivity contribution in [1.82, 2.24) is 5.32 Å². The number of hydrogen-bond donors (Lipinski definition) is 1. The van der Waals surface area contributed by atoms with E-state index in [1.807, 2.05) is 6.07 Å². The van der Waals surface area contributed by atoms with Crippen molar-refractivity contribution in [2.45, 2.75) is 25.7 Å². The molecule has 0 saturated heterocycles. The molecule has 0 heterocycles. The summed E-state index contributed by atoms with van der Waals surface area (Å²) < 4.78 is 16.3. The molecule has 138 valence electrons. The van der Waals surface area contributed by atoms with Crippen LogP contribution in [0, 0.1) is 0 Å². The second kappa shape index (κ2) is 8.61. The Morgan fingerprint density at radius 1 is 1.00 bits per heavy atom. The van der Waals surface area contributed by atoms with Gasteiger partial charge in [0.25, 0.3) is 5.91 Å². The number of methoxy groups -OCH3 is 2. The lowest BCUT2D eigenvalue weighted by atomic mass is 9.92. The lowest BCUT2D eigenvalue weighted by Crippen LogP contribution is -2.28. The van der Waals surface area contributed by atoms with Gasteiger partial charge in [-0.1, -0.05) is 12.1 Å². The molecule has 5 heteroatoms. The van der Waals surface area contributed by atoms with Gasteiger partial charge >= 0.3 is 0 Å². The van der Waals surface area contributed by atoms with Gasteiger partial charge in [0.1, 0.15) is 29.4 Å². The second-order valence-electron chi connectivity index (χ2n) is 6.28. The zero-order valence-corrected chi connectivity index (χ0v) is 15.3. The van der Waals surface area contributed by atoms with E-state index in [-0.39, 0.29) is 5.91 Å². The fourth-order valence-corrected chi connectivity index (χ4v) is 3.30. The standard InChI is InChI=1S/C21H25NO4/c1-24-18-8-5-9-19(25-2)20(18)21(23)22-12-13-26-17-11-10-15-6-3-4-7-16(15)14-17/h5,8-11,14H,3-4,6-7,12-13H2,1-2H3,(H,22,23). The van der Waals surface area contributed by atoms with E-state index in [0.29, 0.717) is 30.2 Å². The molecule has 0 fully saturated rings. The van der Waals surface area contributed by atoms with Crippen molar-refractivity contribution >= 4 is 5.91 Å². The van der Waals surface area contributed by atoms with E-state index < -0.39 is 0 Å². The summed E-state index contributed by atoms with van der Waals surface area (Å²) in [5.74, 6) is 1.58. The quantitative estimate of drug-likeness (QED) is 0.774. The summed E-state index contributed by atoms with van der Waals surface area (Å²) in [7, 11) is 3.06. The van der Waals surface area contributed by atoms with E-state index in [2.05, 4.69) is 17.4 Å². The maximum Gasteiger partial charge on any atom is 0.258 e. The molecule has 1 amide bonds.